The third-order valence-corrected chi connectivity index (χ3v) is 2.83. The predicted octanol–water partition coefficient (Wildman–Crippen LogP) is 2.72. The maximum atomic E-state index is 11.0. The molecule has 0 saturated carbocycles. The third kappa shape index (κ3) is 5.74. The predicted molar refractivity (Wildman–Crippen MR) is 80.5 cm³/mol. The SMILES string of the molecule is CCNc1cc(OCCOCCOC)c(Cl)cc1[N+](=O)[O-]. The molecule has 7 nitrogen and oxygen atoms in total. The fourth-order valence-electron chi connectivity index (χ4n) is 1.59. The summed E-state index contributed by atoms with van der Waals surface area (Å²) in [4.78, 5) is 10.5. The number of nitro benzene ring substituents is 1. The number of ether oxygens (including phenoxy) is 3. The highest BCUT2D eigenvalue weighted by atomic mass is 35.5. The van der Waals surface area contributed by atoms with Crippen molar-refractivity contribution in [2.24, 2.45) is 0 Å². The maximum absolute atomic E-state index is 11.0. The van der Waals surface area contributed by atoms with Gasteiger partial charge in [-0.1, -0.05) is 11.6 Å². The largest absolute Gasteiger partial charge is 0.490 e. The fraction of sp³-hybridized carbons (Fsp3) is 0.538. The van der Waals surface area contributed by atoms with Gasteiger partial charge < -0.3 is 19.5 Å². The third-order valence-electron chi connectivity index (χ3n) is 2.53. The highest BCUT2D eigenvalue weighted by Gasteiger charge is 2.17. The summed E-state index contributed by atoms with van der Waals surface area (Å²) in [6.45, 7) is 4.09. The van der Waals surface area contributed by atoms with Crippen LogP contribution in [-0.2, 0) is 9.47 Å². The van der Waals surface area contributed by atoms with E-state index < -0.39 is 4.92 Å². The van der Waals surface area contributed by atoms with Crippen molar-refractivity contribution >= 4 is 23.0 Å². The van der Waals surface area contributed by atoms with Crippen molar-refractivity contribution in [3.8, 4) is 5.75 Å². The van der Waals surface area contributed by atoms with Gasteiger partial charge in [0.2, 0.25) is 0 Å². The molecule has 0 fully saturated rings. The van der Waals surface area contributed by atoms with E-state index in [1.165, 1.54) is 12.1 Å². The summed E-state index contributed by atoms with van der Waals surface area (Å²) < 4.78 is 15.6. The molecule has 0 radical (unpaired) electrons. The normalized spacial score (nSPS) is 10.4. The first-order valence-corrected chi connectivity index (χ1v) is 6.89. The van der Waals surface area contributed by atoms with Gasteiger partial charge in [-0.25, -0.2) is 0 Å². The van der Waals surface area contributed by atoms with Crippen LogP contribution < -0.4 is 10.1 Å². The molecule has 0 unspecified atom stereocenters. The monoisotopic (exact) mass is 318 g/mol. The molecule has 21 heavy (non-hydrogen) atoms. The number of rotatable bonds is 10. The molecule has 0 amide bonds. The summed E-state index contributed by atoms with van der Waals surface area (Å²) in [5, 5.41) is 14.1. The number of nitro groups is 1. The molecule has 1 N–H and O–H groups in total. The van der Waals surface area contributed by atoms with Crippen LogP contribution in [0.1, 0.15) is 6.92 Å². The van der Waals surface area contributed by atoms with Gasteiger partial charge in [0.1, 0.15) is 18.0 Å². The van der Waals surface area contributed by atoms with Gasteiger partial charge in [-0.3, -0.25) is 10.1 Å². The van der Waals surface area contributed by atoms with Crippen molar-refractivity contribution in [1.82, 2.24) is 0 Å². The Morgan fingerprint density at radius 1 is 1.29 bits per heavy atom. The average Bonchev–Trinajstić information content (AvgIpc) is 2.45. The number of nitrogens with zero attached hydrogens (tertiary/aromatic N) is 1. The highest BCUT2D eigenvalue weighted by molar-refractivity contribution is 6.32. The zero-order valence-electron chi connectivity index (χ0n) is 12.1. The van der Waals surface area contributed by atoms with Crippen LogP contribution in [0.5, 0.6) is 5.75 Å². The van der Waals surface area contributed by atoms with Gasteiger partial charge in [0.25, 0.3) is 5.69 Å². The van der Waals surface area contributed by atoms with E-state index in [1.54, 1.807) is 7.11 Å². The minimum atomic E-state index is -0.485. The molecule has 1 rings (SSSR count). The number of halogens is 1. The molecule has 0 heterocycles. The number of hydrogen-bond donors (Lipinski definition) is 1. The second-order valence-corrected chi connectivity index (χ2v) is 4.45. The fourth-order valence-corrected chi connectivity index (χ4v) is 1.80. The van der Waals surface area contributed by atoms with Crippen molar-refractivity contribution in [3.63, 3.8) is 0 Å². The van der Waals surface area contributed by atoms with E-state index in [-0.39, 0.29) is 10.7 Å². The molecular formula is C13H19ClN2O5. The molecule has 0 aliphatic carbocycles. The molecule has 0 atom stereocenters. The van der Waals surface area contributed by atoms with Gasteiger partial charge in [-0.2, -0.15) is 0 Å². The number of methoxy groups -OCH3 is 1. The lowest BCUT2D eigenvalue weighted by molar-refractivity contribution is -0.384. The summed E-state index contributed by atoms with van der Waals surface area (Å²) in [6, 6.07) is 2.81. The Labute approximate surface area is 128 Å². The zero-order valence-corrected chi connectivity index (χ0v) is 12.8. The number of benzene rings is 1. The molecular weight excluding hydrogens is 300 g/mol. The number of nitrogens with one attached hydrogen (secondary N) is 1. The van der Waals surface area contributed by atoms with E-state index in [1.807, 2.05) is 6.92 Å². The van der Waals surface area contributed by atoms with Crippen LogP contribution >= 0.6 is 11.6 Å². The van der Waals surface area contributed by atoms with E-state index in [4.69, 9.17) is 25.8 Å². The Hall–Kier alpha value is -1.57. The molecule has 1 aromatic rings. The zero-order chi connectivity index (χ0) is 15.7. The van der Waals surface area contributed by atoms with Gasteiger partial charge in [-0.05, 0) is 6.92 Å². The second-order valence-electron chi connectivity index (χ2n) is 4.04. The van der Waals surface area contributed by atoms with E-state index in [2.05, 4.69) is 5.32 Å². The molecule has 0 aromatic heterocycles. The quantitative estimate of drug-likeness (QED) is 0.406. The molecule has 0 bridgehead atoms. The van der Waals surface area contributed by atoms with Gasteiger partial charge in [0.15, 0.2) is 0 Å². The lowest BCUT2D eigenvalue weighted by Gasteiger charge is -2.11. The number of hydrogen-bond acceptors (Lipinski definition) is 6. The lowest BCUT2D eigenvalue weighted by atomic mass is 10.2. The van der Waals surface area contributed by atoms with Crippen molar-refractivity contribution < 1.29 is 19.1 Å². The summed E-state index contributed by atoms with van der Waals surface area (Å²) in [5.41, 5.74) is 0.299. The molecule has 0 spiro atoms. The average molecular weight is 319 g/mol. The Balaban J connectivity index is 2.65. The second kappa shape index (κ2) is 9.38. The van der Waals surface area contributed by atoms with Crippen molar-refractivity contribution in [1.29, 1.82) is 0 Å². The molecule has 0 aliphatic rings. The van der Waals surface area contributed by atoms with E-state index >= 15 is 0 Å². The van der Waals surface area contributed by atoms with E-state index in [0.29, 0.717) is 44.4 Å². The summed E-state index contributed by atoms with van der Waals surface area (Å²) >= 11 is 5.99. The topological polar surface area (TPSA) is 82.9 Å². The minimum Gasteiger partial charge on any atom is -0.490 e. The van der Waals surface area contributed by atoms with Crippen molar-refractivity contribution in [3.05, 3.63) is 27.3 Å². The maximum Gasteiger partial charge on any atom is 0.294 e. The Bertz CT molecular complexity index is 470. The first kappa shape index (κ1) is 17.5. The van der Waals surface area contributed by atoms with Crippen molar-refractivity contribution in [2.45, 2.75) is 6.92 Å². The van der Waals surface area contributed by atoms with Crippen molar-refractivity contribution in [2.75, 3.05) is 45.4 Å². The minimum absolute atomic E-state index is 0.0782. The smallest absolute Gasteiger partial charge is 0.294 e. The molecule has 118 valence electrons. The van der Waals surface area contributed by atoms with Crippen LogP contribution in [0.3, 0.4) is 0 Å². The first-order valence-electron chi connectivity index (χ1n) is 6.51. The van der Waals surface area contributed by atoms with Gasteiger partial charge in [-0.15, -0.1) is 0 Å². The van der Waals surface area contributed by atoms with Crippen LogP contribution in [0, 0.1) is 10.1 Å². The van der Waals surface area contributed by atoms with Crippen LogP contribution in [-0.4, -0.2) is 45.0 Å². The first-order chi connectivity index (χ1) is 10.1. The molecule has 0 saturated heterocycles. The number of anilines is 1. The molecule has 0 aliphatic heterocycles. The standard InChI is InChI=1S/C13H19ClN2O5/c1-3-15-11-9-13(10(14)8-12(11)16(17)18)21-7-6-20-5-4-19-2/h8-9,15H,3-7H2,1-2H3. The van der Waals surface area contributed by atoms with Crippen LogP contribution in [0.15, 0.2) is 12.1 Å². The Morgan fingerprint density at radius 2 is 2.00 bits per heavy atom. The highest BCUT2D eigenvalue weighted by Crippen LogP contribution is 2.35. The lowest BCUT2D eigenvalue weighted by Crippen LogP contribution is -2.10. The van der Waals surface area contributed by atoms with Gasteiger partial charge >= 0.3 is 0 Å². The molecule has 8 heteroatoms. The van der Waals surface area contributed by atoms with Gasteiger partial charge in [0, 0.05) is 25.8 Å². The molecule has 1 aromatic carbocycles. The Kier molecular flexibility index (Phi) is 7.81. The summed E-state index contributed by atoms with van der Waals surface area (Å²) in [5.74, 6) is 0.383. The summed E-state index contributed by atoms with van der Waals surface area (Å²) in [6.07, 6.45) is 0. The summed E-state index contributed by atoms with van der Waals surface area (Å²) in [7, 11) is 1.60. The van der Waals surface area contributed by atoms with Crippen LogP contribution in [0.25, 0.3) is 0 Å². The van der Waals surface area contributed by atoms with Crippen LogP contribution in [0.2, 0.25) is 5.02 Å². The van der Waals surface area contributed by atoms with Crippen LogP contribution in [0.4, 0.5) is 11.4 Å². The Morgan fingerprint density at radius 3 is 2.62 bits per heavy atom. The van der Waals surface area contributed by atoms with Gasteiger partial charge in [0.05, 0.1) is 29.8 Å². The van der Waals surface area contributed by atoms with E-state index in [0.717, 1.165) is 0 Å². The van der Waals surface area contributed by atoms with E-state index in [9.17, 15) is 10.1 Å².